The van der Waals surface area contributed by atoms with Crippen molar-refractivity contribution < 1.29 is 0 Å². The molecule has 0 saturated carbocycles. The first-order valence-corrected chi connectivity index (χ1v) is 14.7. The zero-order chi connectivity index (χ0) is 12.6. The molecule has 16 heavy (non-hydrogen) atoms. The molecule has 0 saturated heterocycles. The van der Waals surface area contributed by atoms with E-state index in [1.165, 1.54) is 25.9 Å². The SMILES string of the molecule is CC(C)N(C)CC[CH2][In]([CH3])[CH2]CCN(C)C. The molecular formula is C13H31InN2. The summed E-state index contributed by atoms with van der Waals surface area (Å²) in [5.74, 6) is 0. The summed E-state index contributed by atoms with van der Waals surface area (Å²) >= 11 is -1.07. The van der Waals surface area contributed by atoms with Crippen LogP contribution in [0.1, 0.15) is 26.7 Å². The van der Waals surface area contributed by atoms with E-state index in [1.807, 2.05) is 0 Å². The molecule has 0 aromatic rings. The Morgan fingerprint density at radius 1 is 0.938 bits per heavy atom. The van der Waals surface area contributed by atoms with Gasteiger partial charge in [0, 0.05) is 0 Å². The Labute approximate surface area is 111 Å². The van der Waals surface area contributed by atoms with Gasteiger partial charge in [-0.1, -0.05) is 0 Å². The van der Waals surface area contributed by atoms with E-state index in [2.05, 4.69) is 49.5 Å². The Hall–Kier alpha value is 0.790. The molecule has 0 aromatic carbocycles. The Bertz CT molecular complexity index is 160. The summed E-state index contributed by atoms with van der Waals surface area (Å²) in [6, 6.07) is 0.708. The van der Waals surface area contributed by atoms with Crippen molar-refractivity contribution in [2.45, 2.75) is 45.8 Å². The molecule has 0 N–H and O–H groups in total. The molecule has 0 aliphatic rings. The van der Waals surface area contributed by atoms with Gasteiger partial charge in [0.15, 0.2) is 0 Å². The van der Waals surface area contributed by atoms with Gasteiger partial charge >= 0.3 is 111 Å². The van der Waals surface area contributed by atoms with Gasteiger partial charge in [-0.3, -0.25) is 0 Å². The standard InChI is InChI=1S/C7H16N.C5H12N.CH3.In/c1-5-6-8(4)7(2)3;1-4-5-6(2)3;;/h7H,1,5-6H2,2-4H3;1,4-5H2,2-3H3;1H3;. The van der Waals surface area contributed by atoms with Crippen molar-refractivity contribution in [3.05, 3.63) is 0 Å². The fraction of sp³-hybridized carbons (Fsp3) is 1.00. The summed E-state index contributed by atoms with van der Waals surface area (Å²) in [7, 11) is 6.60. The third-order valence-electron chi connectivity index (χ3n) is 3.39. The van der Waals surface area contributed by atoms with E-state index in [-0.39, 0.29) is 0 Å². The molecular weight excluding hydrogens is 299 g/mol. The Morgan fingerprint density at radius 2 is 1.44 bits per heavy atom. The van der Waals surface area contributed by atoms with E-state index in [9.17, 15) is 0 Å². The minimum atomic E-state index is -1.07. The molecule has 0 heterocycles. The molecule has 96 valence electrons. The monoisotopic (exact) mass is 330 g/mol. The third-order valence-corrected chi connectivity index (χ3v) is 11.3. The topological polar surface area (TPSA) is 6.48 Å². The molecule has 0 fully saturated rings. The summed E-state index contributed by atoms with van der Waals surface area (Å²) in [5, 5.41) is 0. The molecule has 2 nitrogen and oxygen atoms in total. The van der Waals surface area contributed by atoms with Crippen LogP contribution in [0.25, 0.3) is 0 Å². The molecule has 0 atom stereocenters. The van der Waals surface area contributed by atoms with Crippen molar-refractivity contribution in [2.75, 3.05) is 34.2 Å². The van der Waals surface area contributed by atoms with Crippen molar-refractivity contribution >= 4 is 21.4 Å². The van der Waals surface area contributed by atoms with Gasteiger partial charge in [-0.25, -0.2) is 0 Å². The first kappa shape index (κ1) is 16.8. The van der Waals surface area contributed by atoms with Gasteiger partial charge < -0.3 is 0 Å². The fourth-order valence-corrected chi connectivity index (χ4v) is 7.69. The predicted octanol–water partition coefficient (Wildman–Crippen LogP) is 2.79. The van der Waals surface area contributed by atoms with Crippen LogP contribution < -0.4 is 0 Å². The second-order valence-electron chi connectivity index (χ2n) is 5.77. The van der Waals surface area contributed by atoms with Gasteiger partial charge in [0.1, 0.15) is 0 Å². The van der Waals surface area contributed by atoms with E-state index >= 15 is 0 Å². The second kappa shape index (κ2) is 9.78. The van der Waals surface area contributed by atoms with Gasteiger partial charge in [-0.2, -0.15) is 0 Å². The first-order chi connectivity index (χ1) is 7.43. The van der Waals surface area contributed by atoms with Crippen LogP contribution in [-0.4, -0.2) is 71.5 Å². The van der Waals surface area contributed by atoms with Crippen LogP contribution in [0.3, 0.4) is 0 Å². The molecule has 0 amide bonds. The molecule has 0 aliphatic heterocycles. The number of hydrogen-bond acceptors (Lipinski definition) is 2. The maximum absolute atomic E-state index is 2.60. The maximum atomic E-state index is 2.60. The zero-order valence-electron chi connectivity index (χ0n) is 12.3. The van der Waals surface area contributed by atoms with Gasteiger partial charge in [0.25, 0.3) is 0 Å². The number of hydrogen-bond donors (Lipinski definition) is 0. The Kier molecular flexibility index (Phi) is 10.3. The van der Waals surface area contributed by atoms with Crippen LogP contribution in [-0.2, 0) is 0 Å². The fourth-order valence-electron chi connectivity index (χ4n) is 1.85. The molecule has 0 bridgehead atoms. The third kappa shape index (κ3) is 9.98. The summed E-state index contributed by atoms with van der Waals surface area (Å²) in [4.78, 5) is 4.78. The summed E-state index contributed by atoms with van der Waals surface area (Å²) in [5.41, 5.74) is 0. The number of rotatable bonds is 9. The van der Waals surface area contributed by atoms with Crippen LogP contribution in [0.2, 0.25) is 13.0 Å². The van der Waals surface area contributed by atoms with Crippen molar-refractivity contribution in [1.82, 2.24) is 9.80 Å². The van der Waals surface area contributed by atoms with E-state index in [0.29, 0.717) is 6.04 Å². The summed E-state index contributed by atoms with van der Waals surface area (Å²) in [6.45, 7) is 7.15. The molecule has 0 rings (SSSR count). The van der Waals surface area contributed by atoms with Crippen molar-refractivity contribution in [3.8, 4) is 0 Å². The first-order valence-electron chi connectivity index (χ1n) is 6.78. The van der Waals surface area contributed by atoms with Gasteiger partial charge in [0.05, 0.1) is 0 Å². The van der Waals surface area contributed by atoms with E-state index in [4.69, 9.17) is 0 Å². The van der Waals surface area contributed by atoms with Crippen molar-refractivity contribution in [2.24, 2.45) is 0 Å². The molecule has 0 spiro atoms. The Balaban J connectivity index is 3.40. The molecule has 3 heteroatoms. The van der Waals surface area contributed by atoms with E-state index in [0.717, 1.165) is 0 Å². The number of nitrogens with zero attached hydrogens (tertiary/aromatic N) is 2. The van der Waals surface area contributed by atoms with Crippen molar-refractivity contribution in [3.63, 3.8) is 0 Å². The summed E-state index contributed by atoms with van der Waals surface area (Å²) in [6.07, 6.45) is 2.87. The quantitative estimate of drug-likeness (QED) is 0.641. The van der Waals surface area contributed by atoms with Crippen LogP contribution in [0.5, 0.6) is 0 Å². The average molecular weight is 330 g/mol. The van der Waals surface area contributed by atoms with E-state index in [1.54, 1.807) is 8.35 Å². The van der Waals surface area contributed by atoms with Crippen LogP contribution >= 0.6 is 0 Å². The van der Waals surface area contributed by atoms with Crippen LogP contribution in [0.4, 0.5) is 0 Å². The normalized spacial score (nSPS) is 11.8. The van der Waals surface area contributed by atoms with Crippen LogP contribution in [0, 0.1) is 0 Å². The van der Waals surface area contributed by atoms with Gasteiger partial charge in [0.2, 0.25) is 0 Å². The molecule has 0 radical (unpaired) electrons. The van der Waals surface area contributed by atoms with Gasteiger partial charge in [-0.05, 0) is 0 Å². The van der Waals surface area contributed by atoms with Crippen LogP contribution in [0.15, 0.2) is 0 Å². The minimum absolute atomic E-state index is 0.708. The van der Waals surface area contributed by atoms with E-state index < -0.39 is 21.4 Å². The second-order valence-corrected chi connectivity index (χ2v) is 15.4. The van der Waals surface area contributed by atoms with Crippen molar-refractivity contribution in [1.29, 1.82) is 0 Å². The molecule has 0 aromatic heterocycles. The molecule has 0 unspecified atom stereocenters. The molecule has 0 aliphatic carbocycles. The Morgan fingerprint density at radius 3 is 1.88 bits per heavy atom. The summed E-state index contributed by atoms with van der Waals surface area (Å²) < 4.78 is 5.78. The zero-order valence-corrected chi connectivity index (χ0v) is 15.6. The predicted molar refractivity (Wildman–Crippen MR) is 76.8 cm³/mol. The average Bonchev–Trinajstić information content (AvgIpc) is 2.16. The van der Waals surface area contributed by atoms with Gasteiger partial charge in [-0.15, -0.1) is 0 Å².